The van der Waals surface area contributed by atoms with E-state index in [-0.39, 0.29) is 0 Å². The van der Waals surface area contributed by atoms with Gasteiger partial charge in [0.1, 0.15) is 11.9 Å². The van der Waals surface area contributed by atoms with Crippen LogP contribution in [0.15, 0.2) is 48.5 Å². The summed E-state index contributed by atoms with van der Waals surface area (Å²) in [7, 11) is 2.16. The van der Waals surface area contributed by atoms with Crippen molar-refractivity contribution in [2.24, 2.45) is 0 Å². The maximum absolute atomic E-state index is 6.07. The third-order valence-corrected chi connectivity index (χ3v) is 4.07. The monoisotopic (exact) mass is 282 g/mol. The summed E-state index contributed by atoms with van der Waals surface area (Å²) in [5, 5.41) is 0. The molecule has 2 aromatic rings. The maximum atomic E-state index is 6.07. The molecule has 3 nitrogen and oxygen atoms in total. The number of hydrogen-bond donors (Lipinski definition) is 1. The van der Waals surface area contributed by atoms with Gasteiger partial charge in [0.25, 0.3) is 0 Å². The van der Waals surface area contributed by atoms with Crippen molar-refractivity contribution in [1.82, 2.24) is 4.90 Å². The Labute approximate surface area is 126 Å². The quantitative estimate of drug-likeness (QED) is 0.877. The van der Waals surface area contributed by atoms with Crippen molar-refractivity contribution in [2.75, 3.05) is 25.9 Å². The number of piperidine rings is 1. The SMILES string of the molecule is CN1CCC(Oc2ccc(-c3ccc(N)cc3)cc2)CC1. The normalized spacial score (nSPS) is 16.8. The highest BCUT2D eigenvalue weighted by atomic mass is 16.5. The van der Waals surface area contributed by atoms with Crippen molar-refractivity contribution in [3.05, 3.63) is 48.5 Å². The van der Waals surface area contributed by atoms with E-state index in [1.165, 1.54) is 11.1 Å². The number of likely N-dealkylation sites (tertiary alicyclic amines) is 1. The molecule has 3 rings (SSSR count). The lowest BCUT2D eigenvalue weighted by molar-refractivity contribution is 0.114. The molecular formula is C18H22N2O. The van der Waals surface area contributed by atoms with E-state index >= 15 is 0 Å². The topological polar surface area (TPSA) is 38.5 Å². The summed E-state index contributed by atoms with van der Waals surface area (Å²) in [6.45, 7) is 2.24. The Bertz CT molecular complexity index is 569. The first kappa shape index (κ1) is 14.0. The molecule has 1 aliphatic rings. The van der Waals surface area contributed by atoms with Crippen molar-refractivity contribution in [1.29, 1.82) is 0 Å². The molecule has 0 bridgehead atoms. The van der Waals surface area contributed by atoms with Crippen molar-refractivity contribution >= 4 is 5.69 Å². The van der Waals surface area contributed by atoms with Gasteiger partial charge < -0.3 is 15.4 Å². The van der Waals surface area contributed by atoms with E-state index in [1.54, 1.807) is 0 Å². The molecule has 1 saturated heterocycles. The number of hydrogen-bond acceptors (Lipinski definition) is 3. The Balaban J connectivity index is 1.65. The maximum Gasteiger partial charge on any atom is 0.119 e. The van der Waals surface area contributed by atoms with Crippen molar-refractivity contribution in [3.8, 4) is 16.9 Å². The summed E-state index contributed by atoms with van der Waals surface area (Å²) in [4.78, 5) is 2.35. The van der Waals surface area contributed by atoms with Crippen LogP contribution in [-0.2, 0) is 0 Å². The van der Waals surface area contributed by atoms with Crippen molar-refractivity contribution in [3.63, 3.8) is 0 Å². The third kappa shape index (κ3) is 3.56. The van der Waals surface area contributed by atoms with Gasteiger partial charge in [0.2, 0.25) is 0 Å². The summed E-state index contributed by atoms with van der Waals surface area (Å²) >= 11 is 0. The highest BCUT2D eigenvalue weighted by molar-refractivity contribution is 5.66. The predicted octanol–water partition coefficient (Wildman–Crippen LogP) is 3.41. The van der Waals surface area contributed by atoms with Gasteiger partial charge in [-0.25, -0.2) is 0 Å². The minimum Gasteiger partial charge on any atom is -0.490 e. The lowest BCUT2D eigenvalue weighted by atomic mass is 10.1. The van der Waals surface area contributed by atoms with Crippen LogP contribution in [0.2, 0.25) is 0 Å². The fourth-order valence-electron chi connectivity index (χ4n) is 2.70. The number of nitrogens with two attached hydrogens (primary N) is 1. The number of benzene rings is 2. The molecule has 0 aromatic heterocycles. The number of ether oxygens (including phenoxy) is 1. The van der Waals surface area contributed by atoms with Gasteiger partial charge in [0.15, 0.2) is 0 Å². The fourth-order valence-corrected chi connectivity index (χ4v) is 2.70. The molecule has 0 amide bonds. The first-order chi connectivity index (χ1) is 10.2. The van der Waals surface area contributed by atoms with Gasteiger partial charge in [-0.05, 0) is 55.3 Å². The number of rotatable bonds is 3. The van der Waals surface area contributed by atoms with E-state index in [9.17, 15) is 0 Å². The zero-order valence-corrected chi connectivity index (χ0v) is 12.5. The van der Waals surface area contributed by atoms with Crippen LogP contribution < -0.4 is 10.5 Å². The summed E-state index contributed by atoms with van der Waals surface area (Å²) in [5.41, 5.74) is 8.87. The predicted molar refractivity (Wildman–Crippen MR) is 87.4 cm³/mol. The Morgan fingerprint density at radius 2 is 1.43 bits per heavy atom. The molecule has 1 heterocycles. The Hall–Kier alpha value is -2.00. The van der Waals surface area contributed by atoms with Crippen LogP contribution in [-0.4, -0.2) is 31.1 Å². The molecule has 0 atom stereocenters. The standard InChI is InChI=1S/C18H22N2O/c1-20-12-10-18(11-13-20)21-17-8-4-15(5-9-17)14-2-6-16(19)7-3-14/h2-9,18H,10-13,19H2,1H3. The first-order valence-electron chi connectivity index (χ1n) is 7.52. The van der Waals surface area contributed by atoms with Crippen LogP contribution in [0.3, 0.4) is 0 Å². The second-order valence-corrected chi connectivity index (χ2v) is 5.77. The van der Waals surface area contributed by atoms with E-state index in [2.05, 4.69) is 36.2 Å². The molecule has 0 radical (unpaired) electrons. The van der Waals surface area contributed by atoms with E-state index in [1.807, 2.05) is 24.3 Å². The first-order valence-corrected chi connectivity index (χ1v) is 7.52. The average Bonchev–Trinajstić information content (AvgIpc) is 2.51. The highest BCUT2D eigenvalue weighted by Crippen LogP contribution is 2.25. The zero-order valence-electron chi connectivity index (χ0n) is 12.5. The molecule has 21 heavy (non-hydrogen) atoms. The van der Waals surface area contributed by atoms with E-state index < -0.39 is 0 Å². The summed E-state index contributed by atoms with van der Waals surface area (Å²) < 4.78 is 6.07. The molecule has 1 fully saturated rings. The van der Waals surface area contributed by atoms with Crippen LogP contribution in [0.4, 0.5) is 5.69 Å². The van der Waals surface area contributed by atoms with Gasteiger partial charge in [0.05, 0.1) is 0 Å². The van der Waals surface area contributed by atoms with Crippen molar-refractivity contribution in [2.45, 2.75) is 18.9 Å². The van der Waals surface area contributed by atoms with Crippen LogP contribution in [0.25, 0.3) is 11.1 Å². The highest BCUT2D eigenvalue weighted by Gasteiger charge is 2.17. The largest absolute Gasteiger partial charge is 0.490 e. The van der Waals surface area contributed by atoms with Gasteiger partial charge in [-0.1, -0.05) is 24.3 Å². The lowest BCUT2D eigenvalue weighted by Gasteiger charge is -2.29. The molecular weight excluding hydrogens is 260 g/mol. The molecule has 1 aliphatic heterocycles. The van der Waals surface area contributed by atoms with Gasteiger partial charge in [0, 0.05) is 18.8 Å². The smallest absolute Gasteiger partial charge is 0.119 e. The molecule has 110 valence electrons. The Kier molecular flexibility index (Phi) is 4.11. The van der Waals surface area contributed by atoms with Crippen LogP contribution in [0, 0.1) is 0 Å². The van der Waals surface area contributed by atoms with E-state index in [0.29, 0.717) is 6.10 Å². The summed E-state index contributed by atoms with van der Waals surface area (Å²) in [6.07, 6.45) is 2.57. The minimum atomic E-state index is 0.351. The van der Waals surface area contributed by atoms with Crippen LogP contribution in [0.1, 0.15) is 12.8 Å². The molecule has 0 spiro atoms. The molecule has 0 saturated carbocycles. The number of nitrogens with zero attached hydrogens (tertiary/aromatic N) is 1. The third-order valence-electron chi connectivity index (χ3n) is 4.07. The minimum absolute atomic E-state index is 0.351. The summed E-state index contributed by atoms with van der Waals surface area (Å²) in [5.74, 6) is 0.962. The lowest BCUT2D eigenvalue weighted by Crippen LogP contribution is -2.35. The number of nitrogen functional groups attached to an aromatic ring is 1. The fraction of sp³-hybridized carbons (Fsp3) is 0.333. The van der Waals surface area contributed by atoms with Gasteiger partial charge in [-0.15, -0.1) is 0 Å². The molecule has 0 unspecified atom stereocenters. The van der Waals surface area contributed by atoms with Crippen molar-refractivity contribution < 1.29 is 4.74 Å². The van der Waals surface area contributed by atoms with Crippen LogP contribution >= 0.6 is 0 Å². The van der Waals surface area contributed by atoms with E-state index in [4.69, 9.17) is 10.5 Å². The van der Waals surface area contributed by atoms with Crippen LogP contribution in [0.5, 0.6) is 5.75 Å². The zero-order chi connectivity index (χ0) is 14.7. The van der Waals surface area contributed by atoms with E-state index in [0.717, 1.165) is 37.4 Å². The second kappa shape index (κ2) is 6.19. The molecule has 2 aromatic carbocycles. The van der Waals surface area contributed by atoms with Gasteiger partial charge >= 0.3 is 0 Å². The molecule has 0 aliphatic carbocycles. The Morgan fingerprint density at radius 3 is 2.00 bits per heavy atom. The summed E-state index contributed by atoms with van der Waals surface area (Å²) in [6, 6.07) is 16.3. The number of anilines is 1. The van der Waals surface area contributed by atoms with Gasteiger partial charge in [-0.2, -0.15) is 0 Å². The molecule has 2 N–H and O–H groups in total. The Morgan fingerprint density at radius 1 is 0.905 bits per heavy atom. The second-order valence-electron chi connectivity index (χ2n) is 5.77. The average molecular weight is 282 g/mol. The van der Waals surface area contributed by atoms with Gasteiger partial charge in [-0.3, -0.25) is 0 Å². The molecule has 3 heteroatoms.